The summed E-state index contributed by atoms with van der Waals surface area (Å²) in [6.07, 6.45) is 1.61. The third-order valence-corrected chi connectivity index (χ3v) is 3.68. The molecule has 0 fully saturated rings. The Morgan fingerprint density at radius 1 is 1.32 bits per heavy atom. The van der Waals surface area contributed by atoms with Crippen molar-refractivity contribution in [3.05, 3.63) is 58.9 Å². The van der Waals surface area contributed by atoms with Crippen molar-refractivity contribution in [2.45, 2.75) is 19.5 Å². The molecule has 0 spiro atoms. The lowest BCUT2D eigenvalue weighted by Crippen LogP contribution is -2.43. The Balaban J connectivity index is 2.33. The number of halogens is 1. The fourth-order valence-corrected chi connectivity index (χ4v) is 2.43. The van der Waals surface area contributed by atoms with Gasteiger partial charge in [-0.2, -0.15) is 0 Å². The number of carbonyl (C=O) groups is 2. The van der Waals surface area contributed by atoms with E-state index in [1.807, 2.05) is 30.3 Å². The van der Waals surface area contributed by atoms with Gasteiger partial charge in [0, 0.05) is 19.8 Å². The van der Waals surface area contributed by atoms with Crippen molar-refractivity contribution < 1.29 is 14.7 Å². The minimum atomic E-state index is -1.05. The van der Waals surface area contributed by atoms with E-state index < -0.39 is 12.0 Å². The molecular weight excluding hydrogens is 304 g/mol. The molecule has 22 heavy (non-hydrogen) atoms. The smallest absolute Gasteiger partial charge is 0.326 e. The summed E-state index contributed by atoms with van der Waals surface area (Å²) in [5, 5.41) is 9.71. The highest BCUT2D eigenvalue weighted by molar-refractivity contribution is 6.31. The van der Waals surface area contributed by atoms with E-state index in [-0.39, 0.29) is 12.5 Å². The molecule has 0 aliphatic rings. The second-order valence-electron chi connectivity index (χ2n) is 5.09. The zero-order chi connectivity index (χ0) is 16.3. The second kappa shape index (κ2) is 6.66. The van der Waals surface area contributed by atoms with Crippen LogP contribution in [0.3, 0.4) is 0 Å². The van der Waals surface area contributed by atoms with Crippen LogP contribution < -0.4 is 0 Å². The van der Waals surface area contributed by atoms with Gasteiger partial charge in [-0.15, -0.1) is 0 Å². The highest BCUT2D eigenvalue weighted by Gasteiger charge is 2.28. The van der Waals surface area contributed by atoms with Crippen LogP contribution in [0.1, 0.15) is 23.0 Å². The van der Waals surface area contributed by atoms with E-state index >= 15 is 0 Å². The molecule has 1 atom stereocenters. The number of rotatable bonds is 5. The molecule has 5 nitrogen and oxygen atoms in total. The molecule has 0 aliphatic carbocycles. The van der Waals surface area contributed by atoms with Crippen LogP contribution in [0.2, 0.25) is 5.02 Å². The van der Waals surface area contributed by atoms with Crippen molar-refractivity contribution in [3.63, 3.8) is 0 Å². The quantitative estimate of drug-likeness (QED) is 0.921. The molecule has 1 amide bonds. The Labute approximate surface area is 133 Å². The molecule has 0 aliphatic heterocycles. The molecule has 0 bridgehead atoms. The molecule has 2 rings (SSSR count). The first-order chi connectivity index (χ1) is 10.4. The molecule has 1 aromatic carbocycles. The Bertz CT molecular complexity index is 682. The summed E-state index contributed by atoms with van der Waals surface area (Å²) in [6.45, 7) is 1.71. The van der Waals surface area contributed by atoms with E-state index in [9.17, 15) is 14.7 Å². The van der Waals surface area contributed by atoms with Crippen molar-refractivity contribution in [2.75, 3.05) is 0 Å². The molecule has 0 radical (unpaired) electrons. The summed E-state index contributed by atoms with van der Waals surface area (Å²) in [4.78, 5) is 25.4. The van der Waals surface area contributed by atoms with Crippen LogP contribution >= 0.6 is 11.6 Å². The number of hydrogen-bond donors (Lipinski definition) is 1. The number of aryl methyl sites for hydroxylation is 1. The van der Waals surface area contributed by atoms with E-state index in [1.54, 1.807) is 17.8 Å². The number of hydrogen-bond acceptors (Lipinski definition) is 2. The predicted octanol–water partition coefficient (Wildman–Crippen LogP) is 2.79. The van der Waals surface area contributed by atoms with Gasteiger partial charge in [-0.1, -0.05) is 41.9 Å². The van der Waals surface area contributed by atoms with Crippen LogP contribution in [0.4, 0.5) is 0 Å². The Morgan fingerprint density at radius 2 is 1.95 bits per heavy atom. The van der Waals surface area contributed by atoms with E-state index in [1.165, 1.54) is 17.9 Å². The molecule has 0 saturated carbocycles. The minimum absolute atomic E-state index is 0.218. The summed E-state index contributed by atoms with van der Waals surface area (Å²) in [7, 11) is 1.70. The van der Waals surface area contributed by atoms with Gasteiger partial charge in [0.05, 0.1) is 5.02 Å². The van der Waals surface area contributed by atoms with E-state index in [2.05, 4.69) is 0 Å². The van der Waals surface area contributed by atoms with Crippen molar-refractivity contribution in [1.29, 1.82) is 0 Å². The van der Waals surface area contributed by atoms with Crippen LogP contribution in [0.5, 0.6) is 0 Å². The number of aliphatic carboxylic acids is 1. The Hall–Kier alpha value is -2.27. The third-order valence-electron chi connectivity index (χ3n) is 3.47. The molecule has 2 aromatic rings. The van der Waals surface area contributed by atoms with Crippen molar-refractivity contribution in [2.24, 2.45) is 7.05 Å². The molecule has 6 heteroatoms. The first kappa shape index (κ1) is 16.1. The van der Waals surface area contributed by atoms with E-state index in [0.29, 0.717) is 10.7 Å². The number of amides is 1. The summed E-state index contributed by atoms with van der Waals surface area (Å²) in [6, 6.07) is 9.87. The average molecular weight is 321 g/mol. The van der Waals surface area contributed by atoms with Crippen molar-refractivity contribution >= 4 is 23.5 Å². The highest BCUT2D eigenvalue weighted by atomic mass is 35.5. The number of carboxylic acid groups (broad SMARTS) is 1. The zero-order valence-corrected chi connectivity index (χ0v) is 13.1. The highest BCUT2D eigenvalue weighted by Crippen LogP contribution is 2.18. The topological polar surface area (TPSA) is 62.5 Å². The maximum atomic E-state index is 12.7. The van der Waals surface area contributed by atoms with Crippen LogP contribution in [-0.2, 0) is 18.4 Å². The maximum Gasteiger partial charge on any atom is 0.326 e. The van der Waals surface area contributed by atoms with Gasteiger partial charge in [0.1, 0.15) is 11.7 Å². The summed E-state index contributed by atoms with van der Waals surface area (Å²) in [5.41, 5.74) is 1.22. The lowest BCUT2D eigenvalue weighted by atomic mass is 10.1. The number of carbonyl (C=O) groups excluding carboxylic acids is 1. The van der Waals surface area contributed by atoms with Crippen LogP contribution in [0.25, 0.3) is 0 Å². The standard InChI is InChI=1S/C16H17ClN2O3/c1-11(16(21)22)19(9-12-6-4-3-5-7-12)15(20)14-8-13(17)10-18(14)2/h3-8,10-11H,9H2,1-2H3,(H,21,22)/t11-/m0/s1. The van der Waals surface area contributed by atoms with Crippen molar-refractivity contribution in [3.8, 4) is 0 Å². The predicted molar refractivity (Wildman–Crippen MR) is 83.8 cm³/mol. The number of nitrogens with zero attached hydrogens (tertiary/aromatic N) is 2. The molecule has 1 N–H and O–H groups in total. The Morgan fingerprint density at radius 3 is 2.45 bits per heavy atom. The SMILES string of the molecule is C[C@@H](C(=O)O)N(Cc1ccccc1)C(=O)c1cc(Cl)cn1C. The summed E-state index contributed by atoms with van der Waals surface area (Å²) < 4.78 is 1.59. The molecule has 1 aromatic heterocycles. The minimum Gasteiger partial charge on any atom is -0.480 e. The lowest BCUT2D eigenvalue weighted by Gasteiger charge is -2.26. The van der Waals surface area contributed by atoms with Gasteiger partial charge in [-0.25, -0.2) is 4.79 Å². The molecule has 116 valence electrons. The van der Waals surface area contributed by atoms with Gasteiger partial charge < -0.3 is 14.6 Å². The van der Waals surface area contributed by atoms with Gasteiger partial charge in [0.25, 0.3) is 5.91 Å². The molecule has 1 heterocycles. The maximum absolute atomic E-state index is 12.7. The molecular formula is C16H17ClN2O3. The number of benzene rings is 1. The molecule has 0 unspecified atom stereocenters. The van der Waals surface area contributed by atoms with Gasteiger partial charge in [0.2, 0.25) is 0 Å². The van der Waals surface area contributed by atoms with Crippen LogP contribution in [0, 0.1) is 0 Å². The summed E-state index contributed by atoms with van der Waals surface area (Å²) in [5.74, 6) is -1.42. The fraction of sp³-hybridized carbons (Fsp3) is 0.250. The number of carboxylic acids is 1. The third kappa shape index (κ3) is 3.49. The first-order valence-electron chi connectivity index (χ1n) is 6.79. The monoisotopic (exact) mass is 320 g/mol. The second-order valence-corrected chi connectivity index (χ2v) is 5.52. The van der Waals surface area contributed by atoms with Gasteiger partial charge in [-0.05, 0) is 18.6 Å². The largest absolute Gasteiger partial charge is 0.480 e. The van der Waals surface area contributed by atoms with E-state index in [4.69, 9.17) is 11.6 Å². The summed E-state index contributed by atoms with van der Waals surface area (Å²) >= 11 is 5.91. The normalized spacial score (nSPS) is 12.0. The van der Waals surface area contributed by atoms with Gasteiger partial charge in [-0.3, -0.25) is 4.79 Å². The van der Waals surface area contributed by atoms with Crippen LogP contribution in [-0.4, -0.2) is 32.5 Å². The lowest BCUT2D eigenvalue weighted by molar-refractivity contribution is -0.141. The zero-order valence-electron chi connectivity index (χ0n) is 12.4. The molecule has 0 saturated heterocycles. The van der Waals surface area contributed by atoms with E-state index in [0.717, 1.165) is 5.56 Å². The number of aromatic nitrogens is 1. The van der Waals surface area contributed by atoms with Gasteiger partial charge >= 0.3 is 5.97 Å². The van der Waals surface area contributed by atoms with Crippen LogP contribution in [0.15, 0.2) is 42.6 Å². The first-order valence-corrected chi connectivity index (χ1v) is 7.17. The van der Waals surface area contributed by atoms with Gasteiger partial charge in [0.15, 0.2) is 0 Å². The van der Waals surface area contributed by atoms with Crippen molar-refractivity contribution in [1.82, 2.24) is 9.47 Å². The average Bonchev–Trinajstić information content (AvgIpc) is 2.83. The fourth-order valence-electron chi connectivity index (χ4n) is 2.18. The Kier molecular flexibility index (Phi) is 4.88.